The molecule has 1 aromatic carbocycles. The number of hydrogen-bond acceptors (Lipinski definition) is 4. The standard InChI is InChI=1S/C13H17NO3/c1-16-13(15)11(14)8-9-6-7-17-12-5-3-2-4-10(9)12/h2-5,9,11H,6-8,14H2,1H3. The van der Waals surface area contributed by atoms with Crippen molar-refractivity contribution >= 4 is 5.97 Å². The molecule has 0 saturated heterocycles. The summed E-state index contributed by atoms with van der Waals surface area (Å²) in [5.74, 6) is 0.823. The van der Waals surface area contributed by atoms with Crippen molar-refractivity contribution in [1.82, 2.24) is 0 Å². The molecule has 0 aliphatic carbocycles. The highest BCUT2D eigenvalue weighted by Gasteiger charge is 2.26. The first-order valence-electron chi connectivity index (χ1n) is 5.77. The van der Waals surface area contributed by atoms with Crippen LogP contribution in [0.4, 0.5) is 0 Å². The fourth-order valence-electron chi connectivity index (χ4n) is 2.21. The lowest BCUT2D eigenvalue weighted by Gasteiger charge is -2.27. The third kappa shape index (κ3) is 2.58. The van der Waals surface area contributed by atoms with Gasteiger partial charge in [-0.15, -0.1) is 0 Å². The summed E-state index contributed by atoms with van der Waals surface area (Å²) in [7, 11) is 1.36. The van der Waals surface area contributed by atoms with Crippen LogP contribution in [0.25, 0.3) is 0 Å². The van der Waals surface area contributed by atoms with Crippen LogP contribution in [0.15, 0.2) is 24.3 Å². The normalized spacial score (nSPS) is 20.0. The Morgan fingerprint density at radius 2 is 2.35 bits per heavy atom. The van der Waals surface area contributed by atoms with E-state index in [0.29, 0.717) is 13.0 Å². The van der Waals surface area contributed by atoms with Crippen molar-refractivity contribution in [3.05, 3.63) is 29.8 Å². The van der Waals surface area contributed by atoms with E-state index in [1.54, 1.807) is 0 Å². The van der Waals surface area contributed by atoms with E-state index in [0.717, 1.165) is 17.7 Å². The van der Waals surface area contributed by atoms with E-state index >= 15 is 0 Å². The van der Waals surface area contributed by atoms with Gasteiger partial charge in [0.25, 0.3) is 0 Å². The van der Waals surface area contributed by atoms with E-state index in [1.165, 1.54) is 7.11 Å². The van der Waals surface area contributed by atoms with Crippen LogP contribution in [0.3, 0.4) is 0 Å². The molecule has 0 amide bonds. The molecular formula is C13H17NO3. The van der Waals surface area contributed by atoms with Gasteiger partial charge in [0, 0.05) is 0 Å². The summed E-state index contributed by atoms with van der Waals surface area (Å²) >= 11 is 0. The van der Waals surface area contributed by atoms with Crippen molar-refractivity contribution in [1.29, 1.82) is 0 Å². The van der Waals surface area contributed by atoms with Gasteiger partial charge >= 0.3 is 5.97 Å². The summed E-state index contributed by atoms with van der Waals surface area (Å²) in [6.07, 6.45) is 1.49. The molecule has 1 aromatic rings. The highest BCUT2D eigenvalue weighted by molar-refractivity contribution is 5.75. The number of hydrogen-bond donors (Lipinski definition) is 1. The van der Waals surface area contributed by atoms with Gasteiger partial charge in [-0.25, -0.2) is 0 Å². The predicted octanol–water partition coefficient (Wildman–Crippen LogP) is 1.44. The van der Waals surface area contributed by atoms with Crippen molar-refractivity contribution in [2.45, 2.75) is 24.8 Å². The highest BCUT2D eigenvalue weighted by Crippen LogP contribution is 2.35. The van der Waals surface area contributed by atoms with Gasteiger partial charge in [-0.05, 0) is 30.4 Å². The second-order valence-corrected chi connectivity index (χ2v) is 4.24. The molecule has 1 aliphatic rings. The first-order valence-corrected chi connectivity index (χ1v) is 5.77. The molecule has 1 aliphatic heterocycles. The molecule has 4 nitrogen and oxygen atoms in total. The monoisotopic (exact) mass is 235 g/mol. The molecule has 0 saturated carbocycles. The Morgan fingerprint density at radius 3 is 3.12 bits per heavy atom. The van der Waals surface area contributed by atoms with E-state index in [4.69, 9.17) is 10.5 Å². The number of carbonyl (C=O) groups is 1. The molecule has 1 heterocycles. The molecule has 92 valence electrons. The number of esters is 1. The number of nitrogens with two attached hydrogens (primary N) is 1. The summed E-state index contributed by atoms with van der Waals surface area (Å²) in [5, 5.41) is 0. The van der Waals surface area contributed by atoms with Crippen molar-refractivity contribution in [2.75, 3.05) is 13.7 Å². The average molecular weight is 235 g/mol. The predicted molar refractivity (Wildman–Crippen MR) is 63.9 cm³/mol. The zero-order valence-corrected chi connectivity index (χ0v) is 9.89. The maximum Gasteiger partial charge on any atom is 0.322 e. The van der Waals surface area contributed by atoms with E-state index < -0.39 is 6.04 Å². The smallest absolute Gasteiger partial charge is 0.322 e. The highest BCUT2D eigenvalue weighted by atomic mass is 16.5. The average Bonchev–Trinajstić information content (AvgIpc) is 2.38. The quantitative estimate of drug-likeness (QED) is 0.805. The lowest BCUT2D eigenvalue weighted by molar-refractivity contribution is -0.142. The summed E-state index contributed by atoms with van der Waals surface area (Å²) in [4.78, 5) is 11.3. The van der Waals surface area contributed by atoms with Crippen LogP contribution >= 0.6 is 0 Å². The maximum atomic E-state index is 11.3. The summed E-state index contributed by atoms with van der Waals surface area (Å²) < 4.78 is 10.2. The van der Waals surface area contributed by atoms with Crippen molar-refractivity contribution in [3.8, 4) is 5.75 Å². The molecule has 0 aromatic heterocycles. The minimum absolute atomic E-state index is 0.272. The van der Waals surface area contributed by atoms with Gasteiger partial charge in [-0.2, -0.15) is 0 Å². The van der Waals surface area contributed by atoms with Crippen LogP contribution in [0.2, 0.25) is 0 Å². The van der Waals surface area contributed by atoms with Gasteiger partial charge in [0.05, 0.1) is 13.7 Å². The van der Waals surface area contributed by atoms with Gasteiger partial charge in [0.2, 0.25) is 0 Å². The van der Waals surface area contributed by atoms with Gasteiger partial charge in [0.15, 0.2) is 0 Å². The molecule has 4 heteroatoms. The Balaban J connectivity index is 2.11. The Hall–Kier alpha value is -1.55. The van der Waals surface area contributed by atoms with Crippen LogP contribution in [0.1, 0.15) is 24.3 Å². The number of carbonyl (C=O) groups excluding carboxylic acids is 1. The Kier molecular flexibility index (Phi) is 3.64. The van der Waals surface area contributed by atoms with Crippen molar-refractivity contribution in [3.63, 3.8) is 0 Å². The molecule has 2 rings (SSSR count). The fourth-order valence-corrected chi connectivity index (χ4v) is 2.21. The SMILES string of the molecule is COC(=O)C(N)CC1CCOc2ccccc21. The summed E-state index contributed by atoms with van der Waals surface area (Å²) in [5.41, 5.74) is 6.94. The summed E-state index contributed by atoms with van der Waals surface area (Å²) in [6, 6.07) is 7.34. The molecule has 0 spiro atoms. The number of rotatable bonds is 3. The van der Waals surface area contributed by atoms with Gasteiger partial charge < -0.3 is 15.2 Å². The molecule has 0 bridgehead atoms. The minimum atomic E-state index is -0.559. The van der Waals surface area contributed by atoms with E-state index in [2.05, 4.69) is 4.74 Å². The molecule has 0 radical (unpaired) electrons. The molecule has 2 unspecified atom stereocenters. The zero-order valence-electron chi connectivity index (χ0n) is 9.89. The number of para-hydroxylation sites is 1. The largest absolute Gasteiger partial charge is 0.493 e. The van der Waals surface area contributed by atoms with Crippen LogP contribution in [-0.2, 0) is 9.53 Å². The Labute approximate surface area is 101 Å². The van der Waals surface area contributed by atoms with Crippen LogP contribution in [0.5, 0.6) is 5.75 Å². The molecule has 17 heavy (non-hydrogen) atoms. The molecule has 0 fully saturated rings. The zero-order chi connectivity index (χ0) is 12.3. The lowest BCUT2D eigenvalue weighted by Crippen LogP contribution is -2.34. The number of fused-ring (bicyclic) bond motifs is 1. The van der Waals surface area contributed by atoms with Crippen molar-refractivity contribution in [2.24, 2.45) is 5.73 Å². The molecule has 2 N–H and O–H groups in total. The maximum absolute atomic E-state index is 11.3. The second-order valence-electron chi connectivity index (χ2n) is 4.24. The van der Waals surface area contributed by atoms with Gasteiger partial charge in [0.1, 0.15) is 11.8 Å². The fraction of sp³-hybridized carbons (Fsp3) is 0.462. The second kappa shape index (κ2) is 5.19. The van der Waals surface area contributed by atoms with Gasteiger partial charge in [-0.1, -0.05) is 18.2 Å². The topological polar surface area (TPSA) is 61.5 Å². The summed E-state index contributed by atoms with van der Waals surface area (Å²) in [6.45, 7) is 0.676. The number of methoxy groups -OCH3 is 1. The number of benzene rings is 1. The van der Waals surface area contributed by atoms with Crippen molar-refractivity contribution < 1.29 is 14.3 Å². The lowest BCUT2D eigenvalue weighted by atomic mass is 9.88. The Bertz CT molecular complexity index is 405. The van der Waals surface area contributed by atoms with Gasteiger partial charge in [-0.3, -0.25) is 4.79 Å². The first-order chi connectivity index (χ1) is 8.22. The van der Waals surface area contributed by atoms with E-state index in [1.807, 2.05) is 24.3 Å². The number of ether oxygens (including phenoxy) is 2. The minimum Gasteiger partial charge on any atom is -0.493 e. The third-order valence-electron chi connectivity index (χ3n) is 3.13. The van der Waals surface area contributed by atoms with Crippen LogP contribution < -0.4 is 10.5 Å². The molecular weight excluding hydrogens is 218 g/mol. The molecule has 2 atom stereocenters. The van der Waals surface area contributed by atoms with E-state index in [9.17, 15) is 4.79 Å². The Morgan fingerprint density at radius 1 is 1.59 bits per heavy atom. The van der Waals surface area contributed by atoms with Crippen LogP contribution in [0, 0.1) is 0 Å². The van der Waals surface area contributed by atoms with E-state index in [-0.39, 0.29) is 11.9 Å². The van der Waals surface area contributed by atoms with Crippen LogP contribution in [-0.4, -0.2) is 25.7 Å². The first kappa shape index (κ1) is 11.9. The third-order valence-corrected chi connectivity index (χ3v) is 3.13.